The van der Waals surface area contributed by atoms with Crippen LogP contribution in [0, 0.1) is 0 Å². The Kier molecular flexibility index (Phi) is 3.15. The molecule has 2 rings (SSSR count). The lowest BCUT2D eigenvalue weighted by molar-refractivity contribution is -0.130. The van der Waals surface area contributed by atoms with Crippen molar-refractivity contribution in [1.82, 2.24) is 9.88 Å². The summed E-state index contributed by atoms with van der Waals surface area (Å²) >= 11 is 0. The van der Waals surface area contributed by atoms with Gasteiger partial charge < -0.3 is 15.0 Å². The smallest absolute Gasteiger partial charge is 0.219 e. The number of hydrogen-bond donors (Lipinski definition) is 2. The van der Waals surface area contributed by atoms with Crippen LogP contribution in [-0.2, 0) is 4.79 Å². The molecule has 0 saturated heterocycles. The first kappa shape index (κ1) is 11.7. The van der Waals surface area contributed by atoms with Crippen molar-refractivity contribution in [2.75, 3.05) is 13.7 Å². The molecule has 1 unspecified atom stereocenters. The molecule has 4 heteroatoms. The monoisotopic (exact) mass is 232 g/mol. The van der Waals surface area contributed by atoms with Gasteiger partial charge in [-0.3, -0.25) is 4.79 Å². The fraction of sp³-hybridized carbons (Fsp3) is 0.308. The average Bonchev–Trinajstić information content (AvgIpc) is 2.74. The molecule has 0 saturated carbocycles. The maximum absolute atomic E-state index is 11.4. The molecular formula is C13H16N2O2. The van der Waals surface area contributed by atoms with Gasteiger partial charge in [0.15, 0.2) is 0 Å². The highest BCUT2D eigenvalue weighted by atomic mass is 16.3. The van der Waals surface area contributed by atoms with Crippen LogP contribution in [0.25, 0.3) is 10.9 Å². The topological polar surface area (TPSA) is 56.3 Å². The molecule has 0 aliphatic heterocycles. The van der Waals surface area contributed by atoms with Gasteiger partial charge >= 0.3 is 0 Å². The van der Waals surface area contributed by atoms with Crippen LogP contribution in [-0.4, -0.2) is 34.6 Å². The van der Waals surface area contributed by atoms with E-state index >= 15 is 0 Å². The molecule has 1 aromatic heterocycles. The lowest BCUT2D eigenvalue weighted by Gasteiger charge is -2.25. The largest absolute Gasteiger partial charge is 0.394 e. The fourth-order valence-corrected chi connectivity index (χ4v) is 2.02. The van der Waals surface area contributed by atoms with E-state index in [9.17, 15) is 9.90 Å². The number of likely N-dealkylation sites (N-methyl/N-ethyl adjacent to an activating group) is 1. The van der Waals surface area contributed by atoms with Gasteiger partial charge in [0.2, 0.25) is 5.91 Å². The van der Waals surface area contributed by atoms with E-state index in [0.29, 0.717) is 0 Å². The Bertz CT molecular complexity index is 533. The number of amides is 1. The van der Waals surface area contributed by atoms with Crippen LogP contribution in [0.2, 0.25) is 0 Å². The molecule has 0 aliphatic rings. The normalized spacial score (nSPS) is 12.6. The number of carbonyl (C=O) groups is 1. The Morgan fingerprint density at radius 3 is 2.82 bits per heavy atom. The molecule has 0 aliphatic carbocycles. The third-order valence-corrected chi connectivity index (χ3v) is 3.12. The van der Waals surface area contributed by atoms with Gasteiger partial charge in [0, 0.05) is 36.6 Å². The van der Waals surface area contributed by atoms with E-state index in [-0.39, 0.29) is 18.6 Å². The zero-order valence-electron chi connectivity index (χ0n) is 9.97. The van der Waals surface area contributed by atoms with Gasteiger partial charge in [-0.15, -0.1) is 0 Å². The quantitative estimate of drug-likeness (QED) is 0.846. The molecule has 0 spiro atoms. The molecule has 90 valence electrons. The van der Waals surface area contributed by atoms with Crippen molar-refractivity contribution >= 4 is 16.8 Å². The van der Waals surface area contributed by atoms with Crippen LogP contribution in [0.15, 0.2) is 30.5 Å². The second-order valence-corrected chi connectivity index (χ2v) is 4.12. The number of aliphatic hydroxyl groups is 1. The van der Waals surface area contributed by atoms with Crippen molar-refractivity contribution in [1.29, 1.82) is 0 Å². The molecule has 1 aromatic carbocycles. The van der Waals surface area contributed by atoms with Crippen molar-refractivity contribution in [3.63, 3.8) is 0 Å². The summed E-state index contributed by atoms with van der Waals surface area (Å²) in [6.45, 7) is 1.41. The summed E-state index contributed by atoms with van der Waals surface area (Å²) in [6, 6.07) is 7.55. The van der Waals surface area contributed by atoms with E-state index < -0.39 is 0 Å². The van der Waals surface area contributed by atoms with Gasteiger partial charge in [-0.1, -0.05) is 18.2 Å². The summed E-state index contributed by atoms with van der Waals surface area (Å²) in [5, 5.41) is 10.5. The molecular weight excluding hydrogens is 216 g/mol. The Labute approximate surface area is 99.9 Å². The van der Waals surface area contributed by atoms with E-state index in [1.54, 1.807) is 11.9 Å². The lowest BCUT2D eigenvalue weighted by atomic mass is 10.1. The summed E-state index contributed by atoms with van der Waals surface area (Å²) < 4.78 is 0. The number of aliphatic hydroxyl groups excluding tert-OH is 1. The van der Waals surface area contributed by atoms with Crippen molar-refractivity contribution in [2.24, 2.45) is 0 Å². The van der Waals surface area contributed by atoms with E-state index in [4.69, 9.17) is 0 Å². The second kappa shape index (κ2) is 4.59. The van der Waals surface area contributed by atoms with Gasteiger partial charge in [0.05, 0.1) is 12.6 Å². The Hall–Kier alpha value is -1.81. The standard InChI is InChI=1S/C13H16N2O2/c1-9(17)15(2)13(8-16)11-7-14-12-6-4-3-5-10(11)12/h3-7,13-14,16H,8H2,1-2H3. The molecule has 2 N–H and O–H groups in total. The highest BCUT2D eigenvalue weighted by Gasteiger charge is 2.21. The minimum Gasteiger partial charge on any atom is -0.394 e. The molecule has 0 radical (unpaired) electrons. The highest BCUT2D eigenvalue weighted by molar-refractivity contribution is 5.84. The van der Waals surface area contributed by atoms with Gasteiger partial charge in [-0.05, 0) is 6.07 Å². The number of fused-ring (bicyclic) bond motifs is 1. The Balaban J connectivity index is 2.47. The van der Waals surface area contributed by atoms with Gasteiger partial charge in [0.25, 0.3) is 0 Å². The zero-order chi connectivity index (χ0) is 12.4. The third-order valence-electron chi connectivity index (χ3n) is 3.12. The van der Waals surface area contributed by atoms with Gasteiger partial charge in [-0.25, -0.2) is 0 Å². The van der Waals surface area contributed by atoms with Crippen LogP contribution in [0.3, 0.4) is 0 Å². The van der Waals surface area contributed by atoms with E-state index in [2.05, 4.69) is 4.98 Å². The van der Waals surface area contributed by atoms with Crippen LogP contribution >= 0.6 is 0 Å². The maximum Gasteiger partial charge on any atom is 0.219 e. The molecule has 1 heterocycles. The number of hydrogen-bond acceptors (Lipinski definition) is 2. The molecule has 17 heavy (non-hydrogen) atoms. The number of H-pyrrole nitrogens is 1. The van der Waals surface area contributed by atoms with E-state index in [1.165, 1.54) is 6.92 Å². The number of aromatic nitrogens is 1. The van der Waals surface area contributed by atoms with Gasteiger partial charge in [-0.2, -0.15) is 0 Å². The van der Waals surface area contributed by atoms with E-state index in [0.717, 1.165) is 16.5 Å². The Morgan fingerprint density at radius 2 is 2.18 bits per heavy atom. The Morgan fingerprint density at radius 1 is 1.47 bits per heavy atom. The van der Waals surface area contributed by atoms with Crippen molar-refractivity contribution < 1.29 is 9.90 Å². The number of nitrogens with one attached hydrogen (secondary N) is 1. The second-order valence-electron chi connectivity index (χ2n) is 4.12. The maximum atomic E-state index is 11.4. The molecule has 4 nitrogen and oxygen atoms in total. The highest BCUT2D eigenvalue weighted by Crippen LogP contribution is 2.27. The number of carbonyl (C=O) groups excluding carboxylic acids is 1. The SMILES string of the molecule is CC(=O)N(C)C(CO)c1c[nH]c2ccccc12. The molecule has 0 fully saturated rings. The third kappa shape index (κ3) is 2.03. The van der Waals surface area contributed by atoms with Crippen LogP contribution in [0.5, 0.6) is 0 Å². The first-order valence-corrected chi connectivity index (χ1v) is 5.55. The summed E-state index contributed by atoms with van der Waals surface area (Å²) in [5.74, 6) is -0.0608. The van der Waals surface area contributed by atoms with Crippen LogP contribution in [0.4, 0.5) is 0 Å². The average molecular weight is 232 g/mol. The summed E-state index contributed by atoms with van der Waals surface area (Å²) in [4.78, 5) is 16.1. The fourth-order valence-electron chi connectivity index (χ4n) is 2.02. The number of aromatic amines is 1. The number of benzene rings is 1. The minimum atomic E-state index is -0.302. The molecule has 1 atom stereocenters. The van der Waals surface area contributed by atoms with Gasteiger partial charge in [0.1, 0.15) is 0 Å². The van der Waals surface area contributed by atoms with Crippen molar-refractivity contribution in [2.45, 2.75) is 13.0 Å². The van der Waals surface area contributed by atoms with Crippen molar-refractivity contribution in [3.8, 4) is 0 Å². The minimum absolute atomic E-state index is 0.0608. The van der Waals surface area contributed by atoms with Crippen molar-refractivity contribution in [3.05, 3.63) is 36.0 Å². The zero-order valence-corrected chi connectivity index (χ0v) is 9.97. The molecule has 0 bridgehead atoms. The molecule has 1 amide bonds. The summed E-state index contributed by atoms with van der Waals surface area (Å²) in [6.07, 6.45) is 1.85. The first-order chi connectivity index (χ1) is 8.15. The first-order valence-electron chi connectivity index (χ1n) is 5.55. The predicted octanol–water partition coefficient (Wildman–Crippen LogP) is 1.68. The summed E-state index contributed by atoms with van der Waals surface area (Å²) in [5.41, 5.74) is 1.96. The number of para-hydroxylation sites is 1. The lowest BCUT2D eigenvalue weighted by Crippen LogP contribution is -2.31. The van der Waals surface area contributed by atoms with Crippen LogP contribution in [0.1, 0.15) is 18.5 Å². The molecule has 2 aromatic rings. The summed E-state index contributed by atoms with van der Waals surface area (Å²) in [7, 11) is 1.70. The van der Waals surface area contributed by atoms with Crippen LogP contribution < -0.4 is 0 Å². The predicted molar refractivity (Wildman–Crippen MR) is 66.6 cm³/mol. The van der Waals surface area contributed by atoms with E-state index in [1.807, 2.05) is 30.5 Å². The number of rotatable bonds is 3. The number of nitrogens with zero attached hydrogens (tertiary/aromatic N) is 1.